The number of H-pyrrole nitrogens is 1. The number of aryl methyl sites for hydroxylation is 1. The fourth-order valence-electron chi connectivity index (χ4n) is 3.28. The van der Waals surface area contributed by atoms with Crippen LogP contribution < -0.4 is 10.6 Å². The molecule has 0 atom stereocenters. The van der Waals surface area contributed by atoms with Crippen molar-refractivity contribution in [3.05, 3.63) is 84.1 Å². The maximum absolute atomic E-state index is 12.3. The van der Waals surface area contributed by atoms with E-state index < -0.39 is 0 Å². The van der Waals surface area contributed by atoms with Crippen molar-refractivity contribution in [1.82, 2.24) is 15.2 Å². The summed E-state index contributed by atoms with van der Waals surface area (Å²) in [5.41, 5.74) is 3.31. The number of rotatable bonds is 8. The summed E-state index contributed by atoms with van der Waals surface area (Å²) >= 11 is 0. The summed E-state index contributed by atoms with van der Waals surface area (Å²) < 4.78 is 0. The molecule has 0 fully saturated rings. The lowest BCUT2D eigenvalue weighted by Crippen LogP contribution is -2.16. The van der Waals surface area contributed by atoms with Gasteiger partial charge in [0, 0.05) is 23.6 Å². The number of hydrogen-bond acceptors (Lipinski definition) is 4. The molecule has 3 N–H and O–H groups in total. The first-order valence-electron chi connectivity index (χ1n) is 9.74. The summed E-state index contributed by atoms with van der Waals surface area (Å²) in [4.78, 5) is 15.5. The Morgan fingerprint density at radius 2 is 1.66 bits per heavy atom. The quantitative estimate of drug-likeness (QED) is 0.397. The molecule has 2 heterocycles. The van der Waals surface area contributed by atoms with Gasteiger partial charge in [0.05, 0.1) is 6.42 Å². The van der Waals surface area contributed by atoms with E-state index in [2.05, 4.69) is 50.1 Å². The van der Waals surface area contributed by atoms with Crippen LogP contribution in [0.15, 0.2) is 72.9 Å². The van der Waals surface area contributed by atoms with Crippen LogP contribution in [0.1, 0.15) is 17.5 Å². The predicted molar refractivity (Wildman–Crippen MR) is 116 cm³/mol. The third-order valence-corrected chi connectivity index (χ3v) is 4.75. The maximum Gasteiger partial charge on any atom is 0.230 e. The Kier molecular flexibility index (Phi) is 5.81. The Morgan fingerprint density at radius 3 is 2.48 bits per heavy atom. The van der Waals surface area contributed by atoms with Gasteiger partial charge in [-0.2, -0.15) is 0 Å². The van der Waals surface area contributed by atoms with Gasteiger partial charge in [-0.05, 0) is 42.2 Å². The number of carbonyl (C=O) groups excluding carboxylic acids is 1. The molecule has 0 bridgehead atoms. The van der Waals surface area contributed by atoms with E-state index in [0.29, 0.717) is 11.6 Å². The monoisotopic (exact) mass is 385 g/mol. The van der Waals surface area contributed by atoms with Gasteiger partial charge >= 0.3 is 0 Å². The van der Waals surface area contributed by atoms with E-state index in [0.717, 1.165) is 35.9 Å². The number of anilines is 2. The fourth-order valence-corrected chi connectivity index (χ4v) is 3.28. The molecule has 0 saturated carbocycles. The van der Waals surface area contributed by atoms with Crippen LogP contribution in [0, 0.1) is 0 Å². The van der Waals surface area contributed by atoms with E-state index in [4.69, 9.17) is 0 Å². The molecule has 0 radical (unpaired) electrons. The highest BCUT2D eigenvalue weighted by molar-refractivity contribution is 5.95. The zero-order valence-corrected chi connectivity index (χ0v) is 16.1. The van der Waals surface area contributed by atoms with Gasteiger partial charge in [-0.1, -0.05) is 48.5 Å². The van der Waals surface area contributed by atoms with Crippen molar-refractivity contribution < 1.29 is 4.79 Å². The smallest absolute Gasteiger partial charge is 0.230 e. The topological polar surface area (TPSA) is 82.7 Å². The number of aromatic nitrogens is 3. The first-order chi connectivity index (χ1) is 14.3. The molecule has 0 spiro atoms. The van der Waals surface area contributed by atoms with Crippen molar-refractivity contribution in [3.63, 3.8) is 0 Å². The molecule has 0 aliphatic rings. The number of nitrogens with one attached hydrogen (secondary N) is 3. The van der Waals surface area contributed by atoms with Crippen LogP contribution >= 0.6 is 0 Å². The summed E-state index contributed by atoms with van der Waals surface area (Å²) in [6.07, 6.45) is 4.18. The van der Waals surface area contributed by atoms with Crippen LogP contribution in [0.25, 0.3) is 10.9 Å². The van der Waals surface area contributed by atoms with Crippen LogP contribution in [0.2, 0.25) is 0 Å². The Morgan fingerprint density at radius 1 is 0.897 bits per heavy atom. The molecule has 0 aliphatic carbocycles. The molecule has 4 aromatic rings. The number of aromatic amines is 1. The van der Waals surface area contributed by atoms with Gasteiger partial charge in [0.25, 0.3) is 0 Å². The standard InChI is InChI=1S/C23H23N5O/c29-23(15-18-16-25-20-11-5-4-10-19(18)20)26-22-13-12-21(27-28-22)24-14-6-9-17-7-2-1-3-8-17/h1-5,7-8,10-13,16,25H,6,9,14-15H2,(H,24,27)(H,26,28,29). The lowest BCUT2D eigenvalue weighted by molar-refractivity contribution is -0.115. The molecular weight excluding hydrogens is 362 g/mol. The average molecular weight is 385 g/mol. The summed E-state index contributed by atoms with van der Waals surface area (Å²) in [7, 11) is 0. The van der Waals surface area contributed by atoms with Gasteiger partial charge in [-0.15, -0.1) is 10.2 Å². The van der Waals surface area contributed by atoms with Crippen LogP contribution in [-0.2, 0) is 17.6 Å². The number of fused-ring (bicyclic) bond motifs is 1. The summed E-state index contributed by atoms with van der Waals surface area (Å²) in [5.74, 6) is 1.03. The van der Waals surface area contributed by atoms with Gasteiger partial charge in [-0.3, -0.25) is 4.79 Å². The Bertz CT molecular complexity index is 1070. The molecule has 4 rings (SSSR count). The highest BCUT2D eigenvalue weighted by Crippen LogP contribution is 2.18. The van der Waals surface area contributed by atoms with E-state index in [-0.39, 0.29) is 12.3 Å². The minimum Gasteiger partial charge on any atom is -0.369 e. The van der Waals surface area contributed by atoms with Crippen LogP contribution in [0.4, 0.5) is 11.6 Å². The van der Waals surface area contributed by atoms with Crippen LogP contribution in [0.5, 0.6) is 0 Å². The lowest BCUT2D eigenvalue weighted by atomic mass is 10.1. The number of benzene rings is 2. The van der Waals surface area contributed by atoms with Crippen molar-refractivity contribution in [1.29, 1.82) is 0 Å². The largest absolute Gasteiger partial charge is 0.369 e. The third kappa shape index (κ3) is 4.99. The highest BCUT2D eigenvalue weighted by Gasteiger charge is 2.09. The van der Waals surface area contributed by atoms with E-state index in [1.165, 1.54) is 5.56 Å². The first-order valence-corrected chi connectivity index (χ1v) is 9.74. The van der Waals surface area contributed by atoms with E-state index >= 15 is 0 Å². The van der Waals surface area contributed by atoms with Gasteiger partial charge in [0.1, 0.15) is 5.82 Å². The van der Waals surface area contributed by atoms with E-state index in [9.17, 15) is 4.79 Å². The molecule has 0 saturated heterocycles. The second kappa shape index (κ2) is 9.01. The molecule has 0 unspecified atom stereocenters. The number of hydrogen-bond donors (Lipinski definition) is 3. The number of para-hydroxylation sites is 1. The Hall–Kier alpha value is -3.67. The summed E-state index contributed by atoms with van der Waals surface area (Å²) in [6, 6.07) is 21.9. The molecule has 0 aliphatic heterocycles. The zero-order valence-electron chi connectivity index (χ0n) is 16.1. The molecule has 1 amide bonds. The number of amides is 1. The molecule has 6 nitrogen and oxygen atoms in total. The SMILES string of the molecule is O=C(Cc1c[nH]c2ccccc12)Nc1ccc(NCCCc2ccccc2)nn1. The first kappa shape index (κ1) is 18.7. The minimum absolute atomic E-state index is 0.118. The number of nitrogens with zero attached hydrogens (tertiary/aromatic N) is 2. The van der Waals surface area contributed by atoms with Gasteiger partial charge in [0.15, 0.2) is 5.82 Å². The minimum atomic E-state index is -0.118. The van der Waals surface area contributed by atoms with Crippen molar-refractivity contribution in [2.45, 2.75) is 19.3 Å². The van der Waals surface area contributed by atoms with Crippen molar-refractivity contribution in [2.24, 2.45) is 0 Å². The molecular formula is C23H23N5O. The number of carbonyl (C=O) groups is 1. The van der Waals surface area contributed by atoms with E-state index in [1.807, 2.05) is 42.6 Å². The second-order valence-electron chi connectivity index (χ2n) is 6.90. The van der Waals surface area contributed by atoms with Crippen molar-refractivity contribution in [3.8, 4) is 0 Å². The van der Waals surface area contributed by atoms with Gasteiger partial charge in [0.2, 0.25) is 5.91 Å². The maximum atomic E-state index is 12.3. The summed E-state index contributed by atoms with van der Waals surface area (Å²) in [5, 5.41) is 15.4. The second-order valence-corrected chi connectivity index (χ2v) is 6.90. The van der Waals surface area contributed by atoms with Gasteiger partial charge < -0.3 is 15.6 Å². The Labute approximate surface area is 169 Å². The molecule has 2 aromatic carbocycles. The normalized spacial score (nSPS) is 10.8. The molecule has 146 valence electrons. The highest BCUT2D eigenvalue weighted by atomic mass is 16.1. The van der Waals surface area contributed by atoms with Crippen molar-refractivity contribution in [2.75, 3.05) is 17.2 Å². The van der Waals surface area contributed by atoms with Crippen LogP contribution in [-0.4, -0.2) is 27.6 Å². The molecule has 6 heteroatoms. The zero-order chi connectivity index (χ0) is 19.9. The molecule has 2 aromatic heterocycles. The van der Waals surface area contributed by atoms with Crippen LogP contribution in [0.3, 0.4) is 0 Å². The molecule has 29 heavy (non-hydrogen) atoms. The predicted octanol–water partition coefficient (Wildman–Crippen LogP) is 4.18. The summed E-state index contributed by atoms with van der Waals surface area (Å²) in [6.45, 7) is 0.815. The Balaban J connectivity index is 1.25. The van der Waals surface area contributed by atoms with Gasteiger partial charge in [-0.25, -0.2) is 0 Å². The average Bonchev–Trinajstić information content (AvgIpc) is 3.16. The fraction of sp³-hybridized carbons (Fsp3) is 0.174. The van der Waals surface area contributed by atoms with E-state index in [1.54, 1.807) is 6.07 Å². The lowest BCUT2D eigenvalue weighted by Gasteiger charge is -2.07. The third-order valence-electron chi connectivity index (χ3n) is 4.75. The van der Waals surface area contributed by atoms with Crippen molar-refractivity contribution >= 4 is 28.4 Å².